The van der Waals surface area contributed by atoms with E-state index in [0.717, 1.165) is 38.9 Å². The Labute approximate surface area is 237 Å². The summed E-state index contributed by atoms with van der Waals surface area (Å²) in [5.41, 5.74) is 2.04. The van der Waals surface area contributed by atoms with Crippen molar-refractivity contribution in [3.05, 3.63) is 55.6 Å². The molecule has 0 radical (unpaired) electrons. The van der Waals surface area contributed by atoms with Gasteiger partial charge in [0.05, 0.1) is 9.99 Å². The summed E-state index contributed by atoms with van der Waals surface area (Å²) in [4.78, 5) is 3.44. The lowest BCUT2D eigenvalue weighted by Gasteiger charge is -2.31. The zero-order chi connectivity index (χ0) is 26.2. The lowest BCUT2D eigenvalue weighted by molar-refractivity contribution is 0.105. The number of sulfonamides is 1. The highest BCUT2D eigenvalue weighted by atomic mass is 79.9. The van der Waals surface area contributed by atoms with Gasteiger partial charge in [-0.05, 0) is 59.4 Å². The molecule has 198 valence electrons. The number of aliphatic hydroxyl groups excluding tert-OH is 1. The number of nitrogens with zero attached hydrogens (tertiary/aromatic N) is 1. The van der Waals surface area contributed by atoms with Gasteiger partial charge >= 0.3 is 0 Å². The predicted molar refractivity (Wildman–Crippen MR) is 154 cm³/mol. The molecule has 2 aromatic heterocycles. The van der Waals surface area contributed by atoms with Crippen molar-refractivity contribution < 1.29 is 18.3 Å². The van der Waals surface area contributed by atoms with Crippen LogP contribution in [-0.2, 0) is 10.0 Å². The van der Waals surface area contributed by atoms with Crippen LogP contribution in [0.2, 0.25) is 8.67 Å². The molecule has 37 heavy (non-hydrogen) atoms. The van der Waals surface area contributed by atoms with Crippen LogP contribution >= 0.6 is 50.5 Å². The van der Waals surface area contributed by atoms with Crippen molar-refractivity contribution in [1.82, 2.24) is 14.6 Å². The lowest BCUT2D eigenvalue weighted by atomic mass is 9.98. The number of hydrogen-bond donors (Lipinski definition) is 3. The average molecular weight is 647 g/mol. The van der Waals surface area contributed by atoms with E-state index in [0.29, 0.717) is 53.7 Å². The van der Waals surface area contributed by atoms with E-state index in [1.807, 2.05) is 36.4 Å². The van der Waals surface area contributed by atoms with E-state index in [2.05, 4.69) is 32.3 Å². The van der Waals surface area contributed by atoms with Crippen LogP contribution in [0.25, 0.3) is 21.8 Å². The number of ether oxygens (including phenoxy) is 1. The van der Waals surface area contributed by atoms with Gasteiger partial charge in [0.25, 0.3) is 0 Å². The summed E-state index contributed by atoms with van der Waals surface area (Å²) in [5.74, 6) is 1.05. The molecule has 0 bridgehead atoms. The molecule has 3 heterocycles. The minimum absolute atomic E-state index is 0.0483. The second-order valence-corrected chi connectivity index (χ2v) is 14.0. The third-order valence-electron chi connectivity index (χ3n) is 6.64. The highest BCUT2D eigenvalue weighted by molar-refractivity contribution is 9.10. The Morgan fingerprint density at radius 1 is 1.14 bits per heavy atom. The van der Waals surface area contributed by atoms with Gasteiger partial charge in [-0.1, -0.05) is 47.5 Å². The fourth-order valence-corrected chi connectivity index (χ4v) is 9.68. The molecule has 0 unspecified atom stereocenters. The normalized spacial score (nSPS) is 16.5. The highest BCUT2D eigenvalue weighted by Crippen LogP contribution is 2.44. The van der Waals surface area contributed by atoms with Crippen molar-refractivity contribution in [3.8, 4) is 5.75 Å². The second-order valence-electron chi connectivity index (χ2n) is 9.11. The Morgan fingerprint density at radius 3 is 2.59 bits per heavy atom. The van der Waals surface area contributed by atoms with Gasteiger partial charge in [-0.15, -0.1) is 11.3 Å². The number of thiophene rings is 1. The zero-order valence-electron chi connectivity index (χ0n) is 19.7. The van der Waals surface area contributed by atoms with Crippen LogP contribution in [-0.4, -0.2) is 61.7 Å². The topological polar surface area (TPSA) is 94.7 Å². The molecule has 0 aliphatic carbocycles. The molecule has 1 fully saturated rings. The second kappa shape index (κ2) is 11.4. The van der Waals surface area contributed by atoms with E-state index in [4.69, 9.17) is 27.9 Å². The molecule has 1 saturated heterocycles. The quantitative estimate of drug-likeness (QED) is 0.211. The smallest absolute Gasteiger partial charge is 0.246 e. The van der Waals surface area contributed by atoms with Gasteiger partial charge in [0.1, 0.15) is 32.0 Å². The minimum Gasteiger partial charge on any atom is -0.490 e. The molecular formula is C25H26BrCl2N3O4S2. The molecule has 5 rings (SSSR count). The van der Waals surface area contributed by atoms with Gasteiger partial charge < -0.3 is 20.1 Å². The first-order chi connectivity index (χ1) is 17.8. The highest BCUT2D eigenvalue weighted by Gasteiger charge is 2.34. The summed E-state index contributed by atoms with van der Waals surface area (Å²) in [7, 11) is -3.72. The van der Waals surface area contributed by atoms with Crippen LogP contribution in [0.15, 0.2) is 51.8 Å². The number of hydrogen-bond acceptors (Lipinski definition) is 6. The standard InChI is InChI=1S/C25H26BrCl2N3O4S2/c26-22-23(25(28)36-24(22)27)37(33,34)31-10-8-15(9-11-31)12-29-13-16(32)14-35-20-7-3-6-19-21(20)17-4-1-2-5-18(17)30-19/h1-7,15-16,29-30,32H,8-14H2/t16-/m0/s1. The van der Waals surface area contributed by atoms with Gasteiger partial charge in [0.2, 0.25) is 10.0 Å². The number of aromatic nitrogens is 1. The SMILES string of the molecule is O=S(=O)(c1c(Cl)sc(Cl)c1Br)N1CCC(CNC[C@H](O)COc2cccc3[nH]c4ccccc4c23)CC1. The number of para-hydroxylation sites is 1. The van der Waals surface area contributed by atoms with Crippen LogP contribution in [0, 0.1) is 5.92 Å². The van der Waals surface area contributed by atoms with Crippen LogP contribution in [0.1, 0.15) is 12.8 Å². The van der Waals surface area contributed by atoms with Gasteiger partial charge in [-0.3, -0.25) is 0 Å². The molecule has 0 spiro atoms. The molecule has 7 nitrogen and oxygen atoms in total. The summed E-state index contributed by atoms with van der Waals surface area (Å²) in [6.07, 6.45) is 0.756. The largest absolute Gasteiger partial charge is 0.490 e. The number of benzene rings is 2. The first-order valence-corrected chi connectivity index (χ1v) is 15.7. The predicted octanol–water partition coefficient (Wildman–Crippen LogP) is 5.88. The monoisotopic (exact) mass is 645 g/mol. The molecule has 0 amide bonds. The Balaban J connectivity index is 1.10. The molecular weight excluding hydrogens is 621 g/mol. The number of aliphatic hydroxyl groups is 1. The fraction of sp³-hybridized carbons (Fsp3) is 0.360. The van der Waals surface area contributed by atoms with Gasteiger partial charge in [-0.2, -0.15) is 4.31 Å². The third-order valence-corrected chi connectivity index (χ3v) is 12.0. The molecule has 1 aliphatic rings. The van der Waals surface area contributed by atoms with E-state index in [-0.39, 0.29) is 15.8 Å². The van der Waals surface area contributed by atoms with E-state index < -0.39 is 16.1 Å². The molecule has 1 aliphatic heterocycles. The van der Waals surface area contributed by atoms with Gasteiger partial charge in [-0.25, -0.2) is 8.42 Å². The Bertz CT molecular complexity index is 1520. The van der Waals surface area contributed by atoms with Crippen molar-refractivity contribution >= 4 is 82.3 Å². The first-order valence-electron chi connectivity index (χ1n) is 11.9. The Hall–Kier alpha value is -1.37. The number of aromatic amines is 1. The fourth-order valence-electron chi connectivity index (χ4n) is 4.73. The zero-order valence-corrected chi connectivity index (χ0v) is 24.4. The molecule has 2 aromatic carbocycles. The third kappa shape index (κ3) is 5.67. The van der Waals surface area contributed by atoms with E-state index in [9.17, 15) is 13.5 Å². The number of nitrogens with one attached hydrogen (secondary N) is 2. The lowest BCUT2D eigenvalue weighted by Crippen LogP contribution is -2.42. The number of piperidine rings is 1. The Morgan fingerprint density at radius 2 is 1.86 bits per heavy atom. The van der Waals surface area contributed by atoms with Crippen LogP contribution in [0.5, 0.6) is 5.75 Å². The average Bonchev–Trinajstić information content (AvgIpc) is 3.39. The number of rotatable bonds is 9. The molecule has 0 saturated carbocycles. The minimum atomic E-state index is -3.72. The van der Waals surface area contributed by atoms with Crippen molar-refractivity contribution in [2.45, 2.75) is 23.8 Å². The molecule has 4 aromatic rings. The number of halogens is 3. The van der Waals surface area contributed by atoms with Crippen molar-refractivity contribution in [2.24, 2.45) is 5.92 Å². The molecule has 12 heteroatoms. The van der Waals surface area contributed by atoms with Crippen LogP contribution in [0.4, 0.5) is 0 Å². The summed E-state index contributed by atoms with van der Waals surface area (Å²) < 4.78 is 34.4. The maximum Gasteiger partial charge on any atom is 0.246 e. The summed E-state index contributed by atoms with van der Waals surface area (Å²) in [6.45, 7) is 2.06. The van der Waals surface area contributed by atoms with Crippen LogP contribution < -0.4 is 10.1 Å². The first kappa shape index (κ1) is 27.2. The maximum atomic E-state index is 13.1. The maximum absolute atomic E-state index is 13.1. The van der Waals surface area contributed by atoms with E-state index >= 15 is 0 Å². The number of H-pyrrole nitrogens is 1. The number of fused-ring (bicyclic) bond motifs is 3. The van der Waals surface area contributed by atoms with Gasteiger partial charge in [0, 0.05) is 35.9 Å². The van der Waals surface area contributed by atoms with Crippen molar-refractivity contribution in [2.75, 3.05) is 32.8 Å². The van der Waals surface area contributed by atoms with Crippen LogP contribution in [0.3, 0.4) is 0 Å². The summed E-state index contributed by atoms with van der Waals surface area (Å²) in [5, 5.41) is 15.9. The van der Waals surface area contributed by atoms with E-state index in [1.54, 1.807) is 0 Å². The van der Waals surface area contributed by atoms with Crippen molar-refractivity contribution in [1.29, 1.82) is 0 Å². The van der Waals surface area contributed by atoms with Gasteiger partial charge in [0.15, 0.2) is 0 Å². The molecule has 1 atom stereocenters. The van der Waals surface area contributed by atoms with E-state index in [1.165, 1.54) is 4.31 Å². The summed E-state index contributed by atoms with van der Waals surface area (Å²) >= 11 is 16.5. The Kier molecular flexibility index (Phi) is 8.38. The summed E-state index contributed by atoms with van der Waals surface area (Å²) in [6, 6.07) is 13.9. The molecule has 3 N–H and O–H groups in total. The van der Waals surface area contributed by atoms with Crippen molar-refractivity contribution in [3.63, 3.8) is 0 Å².